The van der Waals surface area contributed by atoms with Crippen LogP contribution in [0.2, 0.25) is 0 Å². The average Bonchev–Trinajstić information content (AvgIpc) is 2.53. The number of hydrogen-bond donors (Lipinski definition) is 1. The highest BCUT2D eigenvalue weighted by Crippen LogP contribution is 2.22. The molecule has 5 heteroatoms. The Balaban J connectivity index is 2.11. The van der Waals surface area contributed by atoms with E-state index in [4.69, 9.17) is 10.00 Å². The molecule has 0 saturated heterocycles. The Kier molecular flexibility index (Phi) is 5.54. The summed E-state index contributed by atoms with van der Waals surface area (Å²) in [6.07, 6.45) is 4.39. The molecule has 22 heavy (non-hydrogen) atoms. The molecule has 1 fully saturated rings. The van der Waals surface area contributed by atoms with Gasteiger partial charge in [-0.05, 0) is 25.0 Å². The van der Waals surface area contributed by atoms with Gasteiger partial charge >= 0.3 is 5.97 Å². The predicted octanol–water partition coefficient (Wildman–Crippen LogP) is 2.61. The van der Waals surface area contributed by atoms with Crippen LogP contribution in [0.25, 0.3) is 0 Å². The maximum Gasteiger partial charge on any atom is 0.303 e. The highest BCUT2D eigenvalue weighted by molar-refractivity contribution is 5.84. The molecule has 116 valence electrons. The van der Waals surface area contributed by atoms with Gasteiger partial charge in [-0.2, -0.15) is 5.26 Å². The fraction of sp³-hybridized carbons (Fsp3) is 0.471. The van der Waals surface area contributed by atoms with Crippen molar-refractivity contribution >= 4 is 11.9 Å². The van der Waals surface area contributed by atoms with Crippen molar-refractivity contribution in [3.05, 3.63) is 35.4 Å². The van der Waals surface area contributed by atoms with Crippen LogP contribution in [0.3, 0.4) is 0 Å². The van der Waals surface area contributed by atoms with E-state index in [-0.39, 0.29) is 11.9 Å². The summed E-state index contributed by atoms with van der Waals surface area (Å²) in [6.45, 7) is 1.28. The van der Waals surface area contributed by atoms with Crippen LogP contribution in [0.15, 0.2) is 24.3 Å². The topological polar surface area (TPSA) is 79.2 Å². The van der Waals surface area contributed by atoms with E-state index in [1.165, 1.54) is 13.3 Å². The van der Waals surface area contributed by atoms with Gasteiger partial charge < -0.3 is 10.1 Å². The third kappa shape index (κ3) is 4.32. The molecule has 1 amide bonds. The highest BCUT2D eigenvalue weighted by atomic mass is 16.5. The molecule has 1 N–H and O–H groups in total. The van der Waals surface area contributed by atoms with E-state index in [0.29, 0.717) is 11.1 Å². The maximum absolute atomic E-state index is 12.4. The van der Waals surface area contributed by atoms with Gasteiger partial charge in [0.1, 0.15) is 0 Å². The number of rotatable bonds is 4. The Bertz CT molecular complexity index is 569. The summed E-state index contributed by atoms with van der Waals surface area (Å²) in [5, 5.41) is 11.8. The molecule has 1 aliphatic rings. The standard InChI is InChI=1S/C17H20N2O3/c1-12(20)22-16(14-9-7-13(11-18)8-10-14)17(21)19-15-5-3-2-4-6-15/h7-10,15-16H,2-6H2,1H3,(H,19,21)/t16-/m0/s1. The molecule has 1 aromatic rings. The number of carbonyl (C=O) groups excluding carboxylic acids is 2. The van der Waals surface area contributed by atoms with Crippen molar-refractivity contribution in [2.24, 2.45) is 0 Å². The Morgan fingerprint density at radius 1 is 1.23 bits per heavy atom. The molecular formula is C17H20N2O3. The lowest BCUT2D eigenvalue weighted by molar-refractivity contribution is -0.154. The number of nitriles is 1. The molecule has 2 rings (SSSR count). The molecular weight excluding hydrogens is 280 g/mol. The van der Waals surface area contributed by atoms with Gasteiger partial charge in [-0.1, -0.05) is 31.4 Å². The van der Waals surface area contributed by atoms with Crippen molar-refractivity contribution in [2.45, 2.75) is 51.2 Å². The molecule has 0 spiro atoms. The van der Waals surface area contributed by atoms with Gasteiger partial charge in [0.25, 0.3) is 5.91 Å². The summed E-state index contributed by atoms with van der Waals surface area (Å²) in [5.41, 5.74) is 1.07. The highest BCUT2D eigenvalue weighted by Gasteiger charge is 2.26. The second-order valence-corrected chi connectivity index (χ2v) is 5.57. The van der Waals surface area contributed by atoms with Gasteiger partial charge in [-0.25, -0.2) is 0 Å². The lowest BCUT2D eigenvalue weighted by atomic mass is 9.95. The van der Waals surface area contributed by atoms with Crippen LogP contribution in [0.4, 0.5) is 0 Å². The number of carbonyl (C=O) groups is 2. The van der Waals surface area contributed by atoms with Gasteiger partial charge in [-0.15, -0.1) is 0 Å². The van der Waals surface area contributed by atoms with Crippen LogP contribution in [0.5, 0.6) is 0 Å². The molecule has 0 heterocycles. The summed E-state index contributed by atoms with van der Waals surface area (Å²) in [6, 6.07) is 8.68. The minimum atomic E-state index is -0.966. The molecule has 1 saturated carbocycles. The number of amides is 1. The normalized spacial score (nSPS) is 16.4. The van der Waals surface area contributed by atoms with E-state index in [0.717, 1.165) is 25.7 Å². The fourth-order valence-electron chi connectivity index (χ4n) is 2.70. The number of hydrogen-bond acceptors (Lipinski definition) is 4. The average molecular weight is 300 g/mol. The monoisotopic (exact) mass is 300 g/mol. The van der Waals surface area contributed by atoms with Gasteiger partial charge in [0.05, 0.1) is 11.6 Å². The summed E-state index contributed by atoms with van der Waals surface area (Å²) in [7, 11) is 0. The zero-order valence-electron chi connectivity index (χ0n) is 12.7. The third-order valence-corrected chi connectivity index (χ3v) is 3.82. The van der Waals surface area contributed by atoms with Crippen molar-refractivity contribution < 1.29 is 14.3 Å². The SMILES string of the molecule is CC(=O)O[C@H](C(=O)NC1CCCCC1)c1ccc(C#N)cc1. The number of benzene rings is 1. The van der Waals surface area contributed by atoms with E-state index < -0.39 is 12.1 Å². The van der Waals surface area contributed by atoms with Gasteiger partial charge in [-0.3, -0.25) is 9.59 Å². The lowest BCUT2D eigenvalue weighted by Gasteiger charge is -2.25. The van der Waals surface area contributed by atoms with Gasteiger partial charge in [0.15, 0.2) is 0 Å². The smallest absolute Gasteiger partial charge is 0.303 e. The number of nitrogens with one attached hydrogen (secondary N) is 1. The molecule has 0 aromatic heterocycles. The number of esters is 1. The zero-order valence-corrected chi connectivity index (χ0v) is 12.7. The van der Waals surface area contributed by atoms with Gasteiger partial charge in [0, 0.05) is 18.5 Å². The first kappa shape index (κ1) is 16.0. The molecule has 5 nitrogen and oxygen atoms in total. The Hall–Kier alpha value is -2.35. The van der Waals surface area contributed by atoms with Crippen molar-refractivity contribution in [1.82, 2.24) is 5.32 Å². The van der Waals surface area contributed by atoms with Crippen LogP contribution in [0, 0.1) is 11.3 Å². The summed E-state index contributed by atoms with van der Waals surface area (Å²) >= 11 is 0. The largest absolute Gasteiger partial charge is 0.447 e. The van der Waals surface area contributed by atoms with E-state index in [2.05, 4.69) is 5.32 Å². The van der Waals surface area contributed by atoms with Crippen LogP contribution >= 0.6 is 0 Å². The molecule has 1 atom stereocenters. The molecule has 1 aromatic carbocycles. The Morgan fingerprint density at radius 2 is 1.86 bits per heavy atom. The number of ether oxygens (including phenoxy) is 1. The molecule has 0 radical (unpaired) electrons. The number of nitrogens with zero attached hydrogens (tertiary/aromatic N) is 1. The zero-order chi connectivity index (χ0) is 15.9. The lowest BCUT2D eigenvalue weighted by Crippen LogP contribution is -2.40. The van der Waals surface area contributed by atoms with Crippen LogP contribution in [-0.4, -0.2) is 17.9 Å². The molecule has 0 unspecified atom stereocenters. The first-order valence-electron chi connectivity index (χ1n) is 7.58. The van der Waals surface area contributed by atoms with Crippen molar-refractivity contribution in [3.63, 3.8) is 0 Å². The van der Waals surface area contributed by atoms with Gasteiger partial charge in [0.2, 0.25) is 6.10 Å². The minimum Gasteiger partial charge on any atom is -0.447 e. The Labute approximate surface area is 130 Å². The Morgan fingerprint density at radius 3 is 2.41 bits per heavy atom. The van der Waals surface area contributed by atoms with E-state index >= 15 is 0 Å². The summed E-state index contributed by atoms with van der Waals surface area (Å²) in [5.74, 6) is -0.806. The van der Waals surface area contributed by atoms with Crippen LogP contribution in [0.1, 0.15) is 56.3 Å². The predicted molar refractivity (Wildman–Crippen MR) is 80.7 cm³/mol. The first-order chi connectivity index (χ1) is 10.6. The van der Waals surface area contributed by atoms with Crippen molar-refractivity contribution in [3.8, 4) is 6.07 Å². The van der Waals surface area contributed by atoms with E-state index in [1.807, 2.05) is 6.07 Å². The molecule has 1 aliphatic carbocycles. The van der Waals surface area contributed by atoms with E-state index in [9.17, 15) is 9.59 Å². The second-order valence-electron chi connectivity index (χ2n) is 5.57. The first-order valence-corrected chi connectivity index (χ1v) is 7.58. The van der Waals surface area contributed by atoms with Crippen LogP contribution in [-0.2, 0) is 14.3 Å². The quantitative estimate of drug-likeness (QED) is 0.867. The van der Waals surface area contributed by atoms with Crippen molar-refractivity contribution in [1.29, 1.82) is 5.26 Å². The fourth-order valence-corrected chi connectivity index (χ4v) is 2.70. The molecule has 0 bridgehead atoms. The second kappa shape index (κ2) is 7.60. The summed E-state index contributed by atoms with van der Waals surface area (Å²) < 4.78 is 5.18. The van der Waals surface area contributed by atoms with Crippen LogP contribution < -0.4 is 5.32 Å². The van der Waals surface area contributed by atoms with E-state index in [1.54, 1.807) is 24.3 Å². The maximum atomic E-state index is 12.4. The minimum absolute atomic E-state index is 0.151. The van der Waals surface area contributed by atoms with Crippen molar-refractivity contribution in [2.75, 3.05) is 0 Å². The molecule has 0 aliphatic heterocycles. The third-order valence-electron chi connectivity index (χ3n) is 3.82. The summed E-state index contributed by atoms with van der Waals surface area (Å²) in [4.78, 5) is 23.7.